The van der Waals surface area contributed by atoms with Gasteiger partial charge in [-0.15, -0.1) is 11.8 Å². The standard InChI is InChI=1S/C28H28O4S/c29-17-8-15-25-23(24-13-7-14-26(27(24)32-25)31-19-18-30)16-20-33-28(21-9-3-1-4-10-21)22-11-5-2-6-12-22/h1-7,9-14,18,28-29H,8,15-17,19-20H2. The van der Waals surface area contributed by atoms with Crippen LogP contribution >= 0.6 is 11.8 Å². The number of fused-ring (bicyclic) bond motifs is 1. The molecule has 170 valence electrons. The minimum atomic E-state index is -0.00714. The first-order chi connectivity index (χ1) is 16.3. The molecule has 0 aliphatic heterocycles. The maximum Gasteiger partial charge on any atom is 0.176 e. The maximum absolute atomic E-state index is 10.8. The van der Waals surface area contributed by atoms with E-state index in [4.69, 9.17) is 9.15 Å². The van der Waals surface area contributed by atoms with Gasteiger partial charge in [-0.25, -0.2) is 0 Å². The van der Waals surface area contributed by atoms with Gasteiger partial charge in [0.2, 0.25) is 0 Å². The van der Waals surface area contributed by atoms with E-state index in [-0.39, 0.29) is 18.5 Å². The number of thioether (sulfide) groups is 1. The van der Waals surface area contributed by atoms with Gasteiger partial charge < -0.3 is 14.3 Å². The lowest BCUT2D eigenvalue weighted by Gasteiger charge is -2.18. The highest BCUT2D eigenvalue weighted by Gasteiger charge is 2.19. The molecular weight excluding hydrogens is 432 g/mol. The highest BCUT2D eigenvalue weighted by atomic mass is 32.2. The van der Waals surface area contributed by atoms with E-state index in [1.165, 1.54) is 11.1 Å². The number of benzene rings is 3. The average Bonchev–Trinajstić information content (AvgIpc) is 3.23. The number of carbonyl (C=O) groups is 1. The van der Waals surface area contributed by atoms with Gasteiger partial charge in [-0.2, -0.15) is 0 Å². The Morgan fingerprint density at radius 2 is 1.61 bits per heavy atom. The van der Waals surface area contributed by atoms with Crippen molar-refractivity contribution < 1.29 is 19.1 Å². The van der Waals surface area contributed by atoms with Crippen molar-refractivity contribution in [1.82, 2.24) is 0 Å². The molecule has 0 atom stereocenters. The molecule has 4 nitrogen and oxygen atoms in total. The summed E-state index contributed by atoms with van der Waals surface area (Å²) in [5.41, 5.74) is 4.41. The zero-order valence-electron chi connectivity index (χ0n) is 18.5. The van der Waals surface area contributed by atoms with E-state index in [0.717, 1.165) is 35.2 Å². The van der Waals surface area contributed by atoms with Gasteiger partial charge in [-0.3, -0.25) is 4.79 Å². The SMILES string of the molecule is O=CCOc1cccc2c(CCSC(c3ccccc3)c3ccccc3)c(CCCO)oc12. The lowest BCUT2D eigenvalue weighted by molar-refractivity contribution is -0.109. The molecule has 0 fully saturated rings. The number of aliphatic hydroxyl groups excluding tert-OH is 1. The smallest absolute Gasteiger partial charge is 0.176 e. The van der Waals surface area contributed by atoms with Crippen molar-refractivity contribution in [3.63, 3.8) is 0 Å². The zero-order chi connectivity index (χ0) is 22.9. The molecule has 33 heavy (non-hydrogen) atoms. The number of para-hydroxylation sites is 1. The molecule has 4 rings (SSSR count). The summed E-state index contributed by atoms with van der Waals surface area (Å²) in [7, 11) is 0. The summed E-state index contributed by atoms with van der Waals surface area (Å²) in [6, 6.07) is 27.0. The van der Waals surface area contributed by atoms with Crippen molar-refractivity contribution in [3.8, 4) is 5.75 Å². The minimum absolute atomic E-state index is 0.00714. The lowest BCUT2D eigenvalue weighted by atomic mass is 10.0. The van der Waals surface area contributed by atoms with Gasteiger partial charge in [0.15, 0.2) is 17.6 Å². The summed E-state index contributed by atoms with van der Waals surface area (Å²) >= 11 is 1.92. The van der Waals surface area contributed by atoms with Crippen LogP contribution in [-0.4, -0.2) is 30.4 Å². The summed E-state index contributed by atoms with van der Waals surface area (Å²) in [6.07, 6.45) is 2.88. The summed E-state index contributed by atoms with van der Waals surface area (Å²) in [4.78, 5) is 10.8. The number of aryl methyl sites for hydroxylation is 2. The van der Waals surface area contributed by atoms with Crippen molar-refractivity contribution in [2.75, 3.05) is 19.0 Å². The van der Waals surface area contributed by atoms with E-state index in [1.807, 2.05) is 42.1 Å². The molecule has 0 bridgehead atoms. The number of aliphatic hydroxyl groups is 1. The largest absolute Gasteiger partial charge is 0.482 e. The van der Waals surface area contributed by atoms with E-state index in [1.54, 1.807) is 0 Å². The zero-order valence-corrected chi connectivity index (χ0v) is 19.3. The monoisotopic (exact) mass is 460 g/mol. The number of rotatable bonds is 12. The van der Waals surface area contributed by atoms with Crippen LogP contribution in [0.5, 0.6) is 5.75 Å². The first kappa shape index (κ1) is 23.1. The molecule has 1 aromatic heterocycles. The molecule has 1 N–H and O–H groups in total. The Morgan fingerprint density at radius 3 is 2.24 bits per heavy atom. The van der Waals surface area contributed by atoms with Crippen molar-refractivity contribution in [3.05, 3.63) is 101 Å². The maximum atomic E-state index is 10.8. The van der Waals surface area contributed by atoms with Gasteiger partial charge >= 0.3 is 0 Å². The second-order valence-corrected chi connectivity index (χ2v) is 8.98. The molecule has 0 saturated carbocycles. The molecule has 0 saturated heterocycles. The van der Waals surface area contributed by atoms with Crippen LogP contribution in [-0.2, 0) is 17.6 Å². The van der Waals surface area contributed by atoms with Gasteiger partial charge in [-0.1, -0.05) is 72.8 Å². The van der Waals surface area contributed by atoms with E-state index >= 15 is 0 Å². The second kappa shape index (κ2) is 11.7. The van der Waals surface area contributed by atoms with Crippen molar-refractivity contribution in [1.29, 1.82) is 0 Å². The van der Waals surface area contributed by atoms with E-state index < -0.39 is 0 Å². The summed E-state index contributed by atoms with van der Waals surface area (Å²) in [6.45, 7) is 0.108. The van der Waals surface area contributed by atoms with Gasteiger partial charge in [0.05, 0.1) is 5.25 Å². The van der Waals surface area contributed by atoms with Crippen LogP contribution in [0.4, 0.5) is 0 Å². The normalized spacial score (nSPS) is 11.2. The second-order valence-electron chi connectivity index (χ2n) is 7.76. The lowest BCUT2D eigenvalue weighted by Crippen LogP contribution is -2.01. The van der Waals surface area contributed by atoms with E-state index in [9.17, 15) is 9.90 Å². The molecule has 0 aliphatic rings. The molecule has 0 spiro atoms. The molecule has 0 unspecified atom stereocenters. The Labute approximate surface area is 198 Å². The molecular formula is C28H28O4S. The van der Waals surface area contributed by atoms with Crippen molar-refractivity contribution >= 4 is 29.0 Å². The molecule has 4 aromatic rings. The Balaban J connectivity index is 1.59. The fraction of sp³-hybridized carbons (Fsp3) is 0.250. The number of furan rings is 1. The molecule has 0 amide bonds. The predicted octanol–water partition coefficient (Wildman–Crippen LogP) is 6.00. The number of hydrogen-bond acceptors (Lipinski definition) is 5. The molecule has 0 aliphatic carbocycles. The van der Waals surface area contributed by atoms with E-state index in [2.05, 4.69) is 48.5 Å². The van der Waals surface area contributed by atoms with Gasteiger partial charge in [0.25, 0.3) is 0 Å². The Hall–Kier alpha value is -3.02. The first-order valence-electron chi connectivity index (χ1n) is 11.2. The summed E-state index contributed by atoms with van der Waals surface area (Å²) in [5.74, 6) is 2.38. The molecule has 1 heterocycles. The van der Waals surface area contributed by atoms with Crippen LogP contribution in [0.1, 0.15) is 34.1 Å². The first-order valence-corrected chi connectivity index (χ1v) is 12.3. The highest BCUT2D eigenvalue weighted by molar-refractivity contribution is 7.99. The van der Waals surface area contributed by atoms with Crippen molar-refractivity contribution in [2.45, 2.75) is 24.5 Å². The van der Waals surface area contributed by atoms with Gasteiger partial charge in [0, 0.05) is 24.0 Å². The Bertz CT molecular complexity index is 1120. The predicted molar refractivity (Wildman–Crippen MR) is 134 cm³/mol. The number of ether oxygens (including phenoxy) is 1. The molecule has 3 aromatic carbocycles. The topological polar surface area (TPSA) is 59.7 Å². The Morgan fingerprint density at radius 1 is 0.909 bits per heavy atom. The van der Waals surface area contributed by atoms with Crippen LogP contribution in [0.3, 0.4) is 0 Å². The number of hydrogen-bond donors (Lipinski definition) is 1. The third-order valence-electron chi connectivity index (χ3n) is 5.58. The van der Waals surface area contributed by atoms with Crippen LogP contribution in [0.2, 0.25) is 0 Å². The van der Waals surface area contributed by atoms with Crippen LogP contribution in [0.15, 0.2) is 83.3 Å². The highest BCUT2D eigenvalue weighted by Crippen LogP contribution is 2.38. The molecule has 0 radical (unpaired) electrons. The quantitative estimate of drug-likeness (QED) is 0.263. The van der Waals surface area contributed by atoms with Gasteiger partial charge in [-0.05, 0) is 35.8 Å². The summed E-state index contributed by atoms with van der Waals surface area (Å²) in [5, 5.41) is 10.6. The van der Waals surface area contributed by atoms with Crippen LogP contribution < -0.4 is 4.74 Å². The molecule has 5 heteroatoms. The average molecular weight is 461 g/mol. The fourth-order valence-corrected chi connectivity index (χ4v) is 5.32. The van der Waals surface area contributed by atoms with Crippen molar-refractivity contribution in [2.24, 2.45) is 0 Å². The van der Waals surface area contributed by atoms with Crippen LogP contribution in [0.25, 0.3) is 11.0 Å². The third-order valence-corrected chi connectivity index (χ3v) is 6.89. The van der Waals surface area contributed by atoms with Crippen LogP contribution in [0, 0.1) is 0 Å². The fourth-order valence-electron chi connectivity index (χ4n) is 4.07. The summed E-state index contributed by atoms with van der Waals surface area (Å²) < 4.78 is 11.8. The Kier molecular flexibility index (Phi) is 8.23. The number of carbonyl (C=O) groups excluding carboxylic acids is 1. The van der Waals surface area contributed by atoms with Gasteiger partial charge in [0.1, 0.15) is 12.4 Å². The number of aldehydes is 1. The van der Waals surface area contributed by atoms with E-state index in [0.29, 0.717) is 24.2 Å². The minimum Gasteiger partial charge on any atom is -0.482 e. The third kappa shape index (κ3) is 5.67.